The monoisotopic (exact) mass is 815 g/mol. The third kappa shape index (κ3) is 9.74. The summed E-state index contributed by atoms with van der Waals surface area (Å²) >= 11 is 0. The van der Waals surface area contributed by atoms with Crippen molar-refractivity contribution in [3.05, 3.63) is 76.9 Å². The lowest BCUT2D eigenvalue weighted by molar-refractivity contribution is -0.224. The molecule has 1 saturated carbocycles. The van der Waals surface area contributed by atoms with Crippen LogP contribution in [0.2, 0.25) is 0 Å². The minimum Gasteiger partial charge on any atom is -0.458 e. The number of hydroxylamine groups is 2. The van der Waals surface area contributed by atoms with Gasteiger partial charge in [0.1, 0.15) is 29.8 Å². The number of amides is 2. The van der Waals surface area contributed by atoms with E-state index in [9.17, 15) is 32.3 Å². The van der Waals surface area contributed by atoms with Crippen molar-refractivity contribution in [2.45, 2.75) is 127 Å². The molecule has 3 saturated heterocycles. The molecule has 4 fully saturated rings. The van der Waals surface area contributed by atoms with Crippen molar-refractivity contribution in [3.63, 3.8) is 0 Å². The Morgan fingerprint density at radius 3 is 2.38 bits per heavy atom. The molecule has 3 N–H and O–H groups in total. The van der Waals surface area contributed by atoms with Gasteiger partial charge in [0.15, 0.2) is 18.4 Å². The van der Waals surface area contributed by atoms with Crippen LogP contribution in [0.4, 0.5) is 13.2 Å². The number of aliphatic hydroxyl groups is 1. The maximum atomic E-state index is 14.8. The third-order valence-corrected chi connectivity index (χ3v) is 11.1. The van der Waals surface area contributed by atoms with Crippen molar-refractivity contribution in [2.24, 2.45) is 5.41 Å². The van der Waals surface area contributed by atoms with Crippen LogP contribution in [0.15, 0.2) is 54.6 Å². The number of nitrogens with zero attached hydrogens (tertiary/aromatic N) is 1. The molecule has 6 atom stereocenters. The van der Waals surface area contributed by atoms with E-state index in [1.54, 1.807) is 48.5 Å². The zero-order chi connectivity index (χ0) is 41.5. The van der Waals surface area contributed by atoms with Crippen molar-refractivity contribution in [3.8, 4) is 0 Å². The highest BCUT2D eigenvalue weighted by Crippen LogP contribution is 2.58. The highest BCUT2D eigenvalue weighted by Gasteiger charge is 2.76. The molecule has 0 unspecified atom stereocenters. The molecule has 58 heavy (non-hydrogen) atoms. The lowest BCUT2D eigenvalue weighted by Gasteiger charge is -2.48. The number of benzene rings is 2. The number of carbonyl (C=O) groups is 4. The Hall–Kier alpha value is -4.35. The van der Waals surface area contributed by atoms with E-state index in [2.05, 4.69) is 29.2 Å². The maximum absolute atomic E-state index is 14.8. The fourth-order valence-electron chi connectivity index (χ4n) is 8.48. The van der Waals surface area contributed by atoms with E-state index in [1.165, 1.54) is 11.1 Å². The standard InChI is InChI=1S/C42H52F3N3O10/c1-3-5-7-17-40(18-8-6-4-2)56-33-31-23-41(39(53)47-24-28-12-10-14-30(22-28)37(51)46-19-20-49)35(38(52)55-31)48(58-36(41)34(33)57-40)25-29-13-9-11-27(21-29)15-16-32(50)54-26-42(43,44)45/h9-16,21-22,31,33-36,49H,3-8,17-20,23-26H2,1-2H3,(H,46,51)(H,47,53)/t31-,33+,34+,35+,36-,41+/m1/s1. The highest BCUT2D eigenvalue weighted by atomic mass is 19.4. The van der Waals surface area contributed by atoms with Crippen molar-refractivity contribution in [2.75, 3.05) is 19.8 Å². The van der Waals surface area contributed by atoms with Crippen LogP contribution < -0.4 is 10.6 Å². The Bertz CT molecular complexity index is 1810. The van der Waals surface area contributed by atoms with Crippen molar-refractivity contribution < 1.29 is 61.2 Å². The van der Waals surface area contributed by atoms with Crippen LogP contribution in [0, 0.1) is 5.41 Å². The zero-order valence-corrected chi connectivity index (χ0v) is 32.8. The van der Waals surface area contributed by atoms with Gasteiger partial charge in [0.25, 0.3) is 5.91 Å². The van der Waals surface area contributed by atoms with Gasteiger partial charge in [-0.3, -0.25) is 19.2 Å². The molecule has 2 aromatic carbocycles. The predicted octanol–water partition coefficient (Wildman–Crippen LogP) is 5.28. The molecule has 1 aliphatic carbocycles. The first-order valence-electron chi connectivity index (χ1n) is 20.1. The molecule has 0 aromatic heterocycles. The topological polar surface area (TPSA) is 162 Å². The average molecular weight is 816 g/mol. The van der Waals surface area contributed by atoms with E-state index in [1.807, 2.05) is 0 Å². The number of esters is 2. The molecule has 16 heteroatoms. The Kier molecular flexibility index (Phi) is 13.9. The van der Waals surface area contributed by atoms with Crippen molar-refractivity contribution >= 4 is 29.8 Å². The van der Waals surface area contributed by atoms with Gasteiger partial charge in [-0.25, -0.2) is 4.79 Å². The van der Waals surface area contributed by atoms with E-state index >= 15 is 0 Å². The Morgan fingerprint density at radius 1 is 0.966 bits per heavy atom. The molecule has 3 heterocycles. The number of unbranched alkanes of at least 4 members (excludes halogenated alkanes) is 4. The van der Waals surface area contributed by atoms with E-state index in [0.29, 0.717) is 35.1 Å². The van der Waals surface area contributed by atoms with Crippen LogP contribution in [0.5, 0.6) is 0 Å². The minimum absolute atomic E-state index is 0.00243. The summed E-state index contributed by atoms with van der Waals surface area (Å²) in [5.41, 5.74) is 0.599. The number of hydrogen-bond acceptors (Lipinski definition) is 11. The summed E-state index contributed by atoms with van der Waals surface area (Å²) in [6.45, 7) is 2.44. The summed E-state index contributed by atoms with van der Waals surface area (Å²) in [6, 6.07) is 12.3. The molecule has 2 amide bonds. The molecule has 4 aliphatic rings. The van der Waals surface area contributed by atoms with Crippen LogP contribution in [0.3, 0.4) is 0 Å². The average Bonchev–Trinajstić information content (AvgIpc) is 3.76. The number of hydrogen-bond donors (Lipinski definition) is 3. The second-order valence-corrected chi connectivity index (χ2v) is 15.4. The van der Waals surface area contributed by atoms with Gasteiger partial charge >= 0.3 is 18.1 Å². The molecule has 0 radical (unpaired) electrons. The number of ether oxygens (including phenoxy) is 4. The predicted molar refractivity (Wildman–Crippen MR) is 202 cm³/mol. The van der Waals surface area contributed by atoms with Gasteiger partial charge in [0, 0.05) is 44.0 Å². The van der Waals surface area contributed by atoms with Gasteiger partial charge in [-0.05, 0) is 47.7 Å². The summed E-state index contributed by atoms with van der Waals surface area (Å²) in [5.74, 6) is -3.59. The molecule has 6 rings (SSSR count). The number of nitrogens with one attached hydrogen (secondary N) is 2. The first-order chi connectivity index (χ1) is 27.8. The zero-order valence-electron chi connectivity index (χ0n) is 32.8. The van der Waals surface area contributed by atoms with Gasteiger partial charge in [-0.15, -0.1) is 0 Å². The minimum atomic E-state index is -4.66. The molecule has 13 nitrogen and oxygen atoms in total. The lowest BCUT2D eigenvalue weighted by Crippen LogP contribution is -2.69. The Labute approximate surface area is 335 Å². The summed E-state index contributed by atoms with van der Waals surface area (Å²) in [6.07, 6.45) is 1.41. The van der Waals surface area contributed by atoms with Gasteiger partial charge in [-0.2, -0.15) is 18.2 Å². The van der Waals surface area contributed by atoms with E-state index in [0.717, 1.165) is 44.6 Å². The van der Waals surface area contributed by atoms with Gasteiger partial charge in [-0.1, -0.05) is 75.9 Å². The van der Waals surface area contributed by atoms with Gasteiger partial charge in [0.05, 0.1) is 13.2 Å². The van der Waals surface area contributed by atoms with Crippen LogP contribution in [0.1, 0.15) is 98.7 Å². The second kappa shape index (κ2) is 18.7. The van der Waals surface area contributed by atoms with Crippen LogP contribution in [-0.4, -0.2) is 96.1 Å². The summed E-state index contributed by atoms with van der Waals surface area (Å²) in [7, 11) is 0. The van der Waals surface area contributed by atoms with E-state index in [-0.39, 0.29) is 38.6 Å². The summed E-state index contributed by atoms with van der Waals surface area (Å²) in [4.78, 5) is 60.2. The van der Waals surface area contributed by atoms with Crippen LogP contribution in [-0.2, 0) is 51.3 Å². The lowest BCUT2D eigenvalue weighted by atomic mass is 9.62. The Balaban J connectivity index is 1.29. The molecule has 316 valence electrons. The SMILES string of the molecule is CCCCCC1(CCCCC)O[C@@H]2[C@H](O1)[C@H]1ON(Cc3cccc(C=CC(=O)OCC(F)(F)F)c3)[C@H]3C(=O)O[C@@H]2C[C@@]13C(=O)NCc1cccc(C(=O)NCCO)c1. The number of fused-ring (bicyclic) bond motifs is 4. The molecule has 0 spiro atoms. The number of carbonyl (C=O) groups excluding carboxylic acids is 4. The smallest absolute Gasteiger partial charge is 0.422 e. The molecular weight excluding hydrogens is 763 g/mol. The van der Waals surface area contributed by atoms with Crippen LogP contribution >= 0.6 is 0 Å². The van der Waals surface area contributed by atoms with Gasteiger partial charge in [0.2, 0.25) is 5.91 Å². The highest BCUT2D eigenvalue weighted by molar-refractivity contribution is 5.95. The first-order valence-corrected chi connectivity index (χ1v) is 20.1. The summed E-state index contributed by atoms with van der Waals surface area (Å²) in [5, 5.41) is 16.2. The maximum Gasteiger partial charge on any atom is 0.422 e. The fraction of sp³-hybridized carbons (Fsp3) is 0.571. The number of rotatable bonds is 19. The third-order valence-electron chi connectivity index (χ3n) is 11.1. The number of alkyl halides is 3. The Morgan fingerprint density at radius 2 is 1.67 bits per heavy atom. The van der Waals surface area contributed by atoms with E-state index in [4.69, 9.17) is 24.2 Å². The number of halogens is 3. The van der Waals surface area contributed by atoms with Crippen molar-refractivity contribution in [1.29, 1.82) is 0 Å². The molecule has 2 bridgehead atoms. The van der Waals surface area contributed by atoms with Crippen LogP contribution in [0.25, 0.3) is 6.08 Å². The van der Waals surface area contributed by atoms with E-state index < -0.39 is 72.3 Å². The molecule has 3 aliphatic heterocycles. The van der Waals surface area contributed by atoms with Gasteiger partial charge < -0.3 is 34.7 Å². The largest absolute Gasteiger partial charge is 0.458 e. The quantitative estimate of drug-likeness (QED) is 0.0961. The molecule has 2 aromatic rings. The number of aliphatic hydroxyl groups excluding tert-OH is 1. The first kappa shape index (κ1) is 43.2. The fourth-order valence-corrected chi connectivity index (χ4v) is 8.48. The second-order valence-electron chi connectivity index (χ2n) is 15.4. The molecular formula is C42H52F3N3O10. The normalized spacial score (nSPS) is 26.0. The summed E-state index contributed by atoms with van der Waals surface area (Å²) < 4.78 is 61.7. The van der Waals surface area contributed by atoms with Crippen molar-refractivity contribution in [1.82, 2.24) is 15.7 Å².